The van der Waals surface area contributed by atoms with Crippen LogP contribution in [0.3, 0.4) is 0 Å². The quantitative estimate of drug-likeness (QED) is 0.428. The first-order valence-electron chi connectivity index (χ1n) is 8.26. The van der Waals surface area contributed by atoms with Crippen LogP contribution in [0.2, 0.25) is 0 Å². The van der Waals surface area contributed by atoms with Crippen molar-refractivity contribution >= 4 is 56.8 Å². The number of methoxy groups -OCH3 is 2. The summed E-state index contributed by atoms with van der Waals surface area (Å²) >= 11 is 8.68. The lowest BCUT2D eigenvalue weighted by Crippen LogP contribution is -2.54. The third kappa shape index (κ3) is 3.65. The van der Waals surface area contributed by atoms with Gasteiger partial charge in [-0.3, -0.25) is 19.8 Å². The number of thiocarbonyl (C=S) groups is 1. The number of anilines is 1. The van der Waals surface area contributed by atoms with E-state index >= 15 is 0 Å². The van der Waals surface area contributed by atoms with Crippen LogP contribution in [0.5, 0.6) is 11.5 Å². The lowest BCUT2D eigenvalue weighted by molar-refractivity contribution is -0.122. The number of aryl methyl sites for hydroxylation is 1. The predicted molar refractivity (Wildman–Crippen MR) is 115 cm³/mol. The second-order valence-corrected chi connectivity index (χ2v) is 7.21. The van der Waals surface area contributed by atoms with Gasteiger partial charge in [-0.05, 0) is 54.5 Å². The zero-order valence-electron chi connectivity index (χ0n) is 15.4. The molecule has 2 aromatic carbocycles. The molecule has 144 valence electrons. The van der Waals surface area contributed by atoms with Crippen molar-refractivity contribution in [3.05, 3.63) is 57.6 Å². The molecule has 1 N–H and O–H groups in total. The van der Waals surface area contributed by atoms with E-state index in [9.17, 15) is 9.59 Å². The molecule has 1 aliphatic rings. The fourth-order valence-corrected chi connectivity index (χ4v) is 3.54. The standard InChI is InChI=1S/C20H17BrN2O4S/c1-11-6-4-5-7-15(11)23-19(25)13(18(24)22-20(23)28)8-12-9-16(26-2)17(27-3)10-14(12)21/h4-10H,1-3H3,(H,22,24,28)/b13-8+. The number of rotatable bonds is 4. The normalized spacial score (nSPS) is 15.6. The molecule has 3 rings (SSSR count). The molecule has 0 radical (unpaired) electrons. The summed E-state index contributed by atoms with van der Waals surface area (Å²) in [5.41, 5.74) is 2.04. The van der Waals surface area contributed by atoms with Gasteiger partial charge >= 0.3 is 0 Å². The lowest BCUT2D eigenvalue weighted by Gasteiger charge is -2.30. The largest absolute Gasteiger partial charge is 0.493 e. The first kappa shape index (κ1) is 20.0. The number of halogens is 1. The molecule has 0 atom stereocenters. The first-order chi connectivity index (χ1) is 13.4. The topological polar surface area (TPSA) is 67.9 Å². The summed E-state index contributed by atoms with van der Waals surface area (Å²) in [6.07, 6.45) is 1.50. The molecule has 1 aliphatic heterocycles. The average Bonchev–Trinajstić information content (AvgIpc) is 2.67. The highest BCUT2D eigenvalue weighted by Gasteiger charge is 2.35. The highest BCUT2D eigenvalue weighted by Crippen LogP contribution is 2.35. The van der Waals surface area contributed by atoms with E-state index in [4.69, 9.17) is 21.7 Å². The Morgan fingerprint density at radius 1 is 1.11 bits per heavy atom. The van der Waals surface area contributed by atoms with Crippen LogP contribution in [0.1, 0.15) is 11.1 Å². The molecule has 1 fully saturated rings. The molecular weight excluding hydrogens is 444 g/mol. The Balaban J connectivity index is 2.09. The molecule has 8 heteroatoms. The van der Waals surface area contributed by atoms with E-state index in [1.807, 2.05) is 25.1 Å². The van der Waals surface area contributed by atoms with Gasteiger partial charge in [0.2, 0.25) is 0 Å². The van der Waals surface area contributed by atoms with Gasteiger partial charge in [0.05, 0.1) is 19.9 Å². The Morgan fingerprint density at radius 3 is 2.39 bits per heavy atom. The van der Waals surface area contributed by atoms with E-state index in [0.29, 0.717) is 27.2 Å². The highest BCUT2D eigenvalue weighted by atomic mass is 79.9. The maximum Gasteiger partial charge on any atom is 0.270 e. The number of amides is 2. The number of hydrogen-bond acceptors (Lipinski definition) is 5. The lowest BCUT2D eigenvalue weighted by atomic mass is 10.1. The SMILES string of the molecule is COc1cc(Br)c(/C=C2\C(=O)NC(=S)N(c3ccccc3C)C2=O)cc1OC. The number of nitrogens with one attached hydrogen (secondary N) is 1. The minimum absolute atomic E-state index is 0.0372. The molecule has 1 heterocycles. The molecule has 0 saturated carbocycles. The zero-order chi connectivity index (χ0) is 20.4. The van der Waals surface area contributed by atoms with Gasteiger partial charge in [0.25, 0.3) is 11.8 Å². The second-order valence-electron chi connectivity index (χ2n) is 5.97. The van der Waals surface area contributed by atoms with Gasteiger partial charge in [-0.25, -0.2) is 0 Å². The number of ether oxygens (including phenoxy) is 2. The van der Waals surface area contributed by atoms with Gasteiger partial charge in [-0.2, -0.15) is 0 Å². The van der Waals surface area contributed by atoms with Crippen molar-refractivity contribution in [2.24, 2.45) is 0 Å². The summed E-state index contributed by atoms with van der Waals surface area (Å²) in [6, 6.07) is 10.7. The maximum absolute atomic E-state index is 13.1. The van der Waals surface area contributed by atoms with Crippen molar-refractivity contribution in [2.75, 3.05) is 19.1 Å². The van der Waals surface area contributed by atoms with Crippen molar-refractivity contribution in [1.29, 1.82) is 0 Å². The van der Waals surface area contributed by atoms with E-state index in [0.717, 1.165) is 5.56 Å². The third-order valence-electron chi connectivity index (χ3n) is 4.26. The van der Waals surface area contributed by atoms with Crippen LogP contribution >= 0.6 is 28.1 Å². The zero-order valence-corrected chi connectivity index (χ0v) is 17.8. The highest BCUT2D eigenvalue weighted by molar-refractivity contribution is 9.10. The molecule has 28 heavy (non-hydrogen) atoms. The van der Waals surface area contributed by atoms with Crippen molar-refractivity contribution in [3.63, 3.8) is 0 Å². The monoisotopic (exact) mass is 460 g/mol. The van der Waals surface area contributed by atoms with Gasteiger partial charge in [-0.1, -0.05) is 34.1 Å². The van der Waals surface area contributed by atoms with Crippen LogP contribution < -0.4 is 19.7 Å². The van der Waals surface area contributed by atoms with Crippen LogP contribution in [0.15, 0.2) is 46.4 Å². The van der Waals surface area contributed by atoms with Crippen LogP contribution in [0.4, 0.5) is 5.69 Å². The number of para-hydroxylation sites is 1. The number of nitrogens with zero attached hydrogens (tertiary/aromatic N) is 1. The molecule has 0 bridgehead atoms. The molecule has 0 spiro atoms. The number of carbonyl (C=O) groups is 2. The molecule has 2 amide bonds. The van der Waals surface area contributed by atoms with Crippen molar-refractivity contribution < 1.29 is 19.1 Å². The Morgan fingerprint density at radius 2 is 1.75 bits per heavy atom. The predicted octanol–water partition coefficient (Wildman–Crippen LogP) is 3.61. The average molecular weight is 461 g/mol. The molecule has 0 unspecified atom stereocenters. The Hall–Kier alpha value is -2.71. The molecule has 1 saturated heterocycles. The van der Waals surface area contributed by atoms with Crippen molar-refractivity contribution in [2.45, 2.75) is 6.92 Å². The van der Waals surface area contributed by atoms with Crippen molar-refractivity contribution in [3.8, 4) is 11.5 Å². The van der Waals surface area contributed by atoms with Gasteiger partial charge in [0.15, 0.2) is 16.6 Å². The Labute approximate surface area is 176 Å². The van der Waals surface area contributed by atoms with E-state index in [-0.39, 0.29) is 10.7 Å². The summed E-state index contributed by atoms with van der Waals surface area (Å²) in [4.78, 5) is 26.9. The molecular formula is C20H17BrN2O4S. The summed E-state index contributed by atoms with van der Waals surface area (Å²) in [5, 5.41) is 2.63. The second kappa shape index (κ2) is 8.12. The number of hydrogen-bond donors (Lipinski definition) is 1. The van der Waals surface area contributed by atoms with Gasteiger partial charge in [0, 0.05) is 4.47 Å². The van der Waals surface area contributed by atoms with Crippen LogP contribution in [-0.2, 0) is 9.59 Å². The smallest absolute Gasteiger partial charge is 0.270 e. The summed E-state index contributed by atoms with van der Waals surface area (Å²) in [6.45, 7) is 1.87. The minimum atomic E-state index is -0.554. The van der Waals surface area contributed by atoms with Crippen molar-refractivity contribution in [1.82, 2.24) is 5.32 Å². The minimum Gasteiger partial charge on any atom is -0.493 e. The number of benzene rings is 2. The van der Waals surface area contributed by atoms with Crippen LogP contribution in [0.25, 0.3) is 6.08 Å². The number of carbonyl (C=O) groups excluding carboxylic acids is 2. The van der Waals surface area contributed by atoms with E-state index in [2.05, 4.69) is 21.2 Å². The van der Waals surface area contributed by atoms with E-state index < -0.39 is 11.8 Å². The third-order valence-corrected chi connectivity index (χ3v) is 5.23. The van der Waals surface area contributed by atoms with Gasteiger partial charge in [0.1, 0.15) is 5.57 Å². The Kier molecular flexibility index (Phi) is 5.81. The van der Waals surface area contributed by atoms with Gasteiger partial charge in [-0.15, -0.1) is 0 Å². The molecule has 0 aliphatic carbocycles. The summed E-state index contributed by atoms with van der Waals surface area (Å²) < 4.78 is 11.2. The van der Waals surface area contributed by atoms with Crippen LogP contribution in [0, 0.1) is 6.92 Å². The molecule has 6 nitrogen and oxygen atoms in total. The Bertz CT molecular complexity index is 1020. The van der Waals surface area contributed by atoms with Crippen LogP contribution in [-0.4, -0.2) is 31.1 Å². The van der Waals surface area contributed by atoms with E-state index in [1.165, 1.54) is 25.2 Å². The maximum atomic E-state index is 13.1. The molecule has 0 aromatic heterocycles. The first-order valence-corrected chi connectivity index (χ1v) is 9.46. The molecule has 2 aromatic rings. The van der Waals surface area contributed by atoms with Gasteiger partial charge < -0.3 is 9.47 Å². The fourth-order valence-electron chi connectivity index (χ4n) is 2.83. The fraction of sp³-hybridized carbons (Fsp3) is 0.150. The summed E-state index contributed by atoms with van der Waals surface area (Å²) in [7, 11) is 3.04. The summed E-state index contributed by atoms with van der Waals surface area (Å²) in [5.74, 6) is -0.0441. The van der Waals surface area contributed by atoms with E-state index in [1.54, 1.807) is 18.2 Å².